The first-order valence-electron chi connectivity index (χ1n) is 10.7. The fourth-order valence-corrected chi connectivity index (χ4v) is 6.91. The number of methoxy groups -OCH3 is 4. The van der Waals surface area contributed by atoms with Crippen molar-refractivity contribution in [1.82, 2.24) is 4.90 Å². The minimum Gasteiger partial charge on any atom is -0.494 e. The molecule has 0 saturated carbocycles. The SMILES string of the molecule is COC/C=C1\CN2[C@H]3C[C@@H]1[C@@H]1COC4=Nc5c(OC)cc(OC)c(OC)c5[C@@]43C[C@@H]12. The molecule has 1 spiro atoms. The van der Waals surface area contributed by atoms with E-state index in [1.807, 2.05) is 6.07 Å². The molecule has 5 saturated heterocycles. The molecular formula is C23H28N2O5. The maximum atomic E-state index is 6.46. The van der Waals surface area contributed by atoms with Gasteiger partial charge in [0, 0.05) is 43.3 Å². The van der Waals surface area contributed by atoms with Crippen molar-refractivity contribution in [3.05, 3.63) is 23.3 Å². The van der Waals surface area contributed by atoms with Gasteiger partial charge in [0.25, 0.3) is 0 Å². The summed E-state index contributed by atoms with van der Waals surface area (Å²) in [5.41, 5.74) is 3.12. The van der Waals surface area contributed by atoms with Crippen molar-refractivity contribution >= 4 is 11.6 Å². The van der Waals surface area contributed by atoms with E-state index in [-0.39, 0.29) is 5.41 Å². The average Bonchev–Trinajstić information content (AvgIpc) is 3.14. The first-order chi connectivity index (χ1) is 14.7. The normalized spacial score (nSPS) is 38.1. The van der Waals surface area contributed by atoms with Gasteiger partial charge in [-0.15, -0.1) is 0 Å². The van der Waals surface area contributed by atoms with Gasteiger partial charge in [-0.1, -0.05) is 11.6 Å². The van der Waals surface area contributed by atoms with Crippen molar-refractivity contribution in [3.8, 4) is 17.2 Å². The second-order valence-electron chi connectivity index (χ2n) is 8.94. The second-order valence-corrected chi connectivity index (χ2v) is 8.94. The molecule has 6 atom stereocenters. The summed E-state index contributed by atoms with van der Waals surface area (Å²) in [7, 11) is 6.81. The predicted molar refractivity (Wildman–Crippen MR) is 111 cm³/mol. The number of nitrogens with zero attached hydrogens (tertiary/aromatic N) is 2. The second kappa shape index (κ2) is 6.37. The van der Waals surface area contributed by atoms with E-state index in [0.717, 1.165) is 42.3 Å². The molecule has 7 rings (SSSR count). The van der Waals surface area contributed by atoms with Crippen LogP contribution >= 0.6 is 0 Å². The van der Waals surface area contributed by atoms with Crippen molar-refractivity contribution in [2.75, 3.05) is 48.2 Å². The van der Waals surface area contributed by atoms with Gasteiger partial charge in [0.15, 0.2) is 11.5 Å². The van der Waals surface area contributed by atoms with Crippen LogP contribution in [-0.2, 0) is 14.9 Å². The lowest BCUT2D eigenvalue weighted by molar-refractivity contribution is -0.0156. The van der Waals surface area contributed by atoms with E-state index in [2.05, 4.69) is 11.0 Å². The molecule has 7 heteroatoms. The van der Waals surface area contributed by atoms with Gasteiger partial charge in [-0.25, -0.2) is 4.99 Å². The summed E-state index contributed by atoms with van der Waals surface area (Å²) in [6, 6.07) is 2.70. The fraction of sp³-hybridized carbons (Fsp3) is 0.609. The van der Waals surface area contributed by atoms with Gasteiger partial charge in [0.1, 0.15) is 11.4 Å². The van der Waals surface area contributed by atoms with Crippen LogP contribution in [0, 0.1) is 11.8 Å². The maximum Gasteiger partial charge on any atom is 0.201 e. The third-order valence-electron chi connectivity index (χ3n) is 8.05. The van der Waals surface area contributed by atoms with E-state index in [0.29, 0.717) is 48.6 Å². The van der Waals surface area contributed by atoms with Crippen LogP contribution in [0.2, 0.25) is 0 Å². The first-order valence-corrected chi connectivity index (χ1v) is 10.7. The molecule has 6 aliphatic heterocycles. The molecule has 1 aromatic carbocycles. The minimum absolute atomic E-state index is 0.302. The Morgan fingerprint density at radius 1 is 1.20 bits per heavy atom. The van der Waals surface area contributed by atoms with Crippen LogP contribution in [0.3, 0.4) is 0 Å². The molecule has 30 heavy (non-hydrogen) atoms. The quantitative estimate of drug-likeness (QED) is 0.693. The number of benzene rings is 1. The monoisotopic (exact) mass is 412 g/mol. The Balaban J connectivity index is 1.54. The van der Waals surface area contributed by atoms with Gasteiger partial charge in [0.2, 0.25) is 5.90 Å². The Bertz CT molecular complexity index is 973. The highest BCUT2D eigenvalue weighted by molar-refractivity contribution is 6.01. The lowest BCUT2D eigenvalue weighted by Crippen LogP contribution is -2.61. The summed E-state index contributed by atoms with van der Waals surface area (Å²) in [4.78, 5) is 7.70. The summed E-state index contributed by atoms with van der Waals surface area (Å²) in [6.07, 6.45) is 4.40. The maximum absolute atomic E-state index is 6.46. The molecule has 160 valence electrons. The number of piperidine rings is 3. The Morgan fingerprint density at radius 3 is 2.77 bits per heavy atom. The summed E-state index contributed by atoms with van der Waals surface area (Å²) in [5, 5.41) is 0. The van der Waals surface area contributed by atoms with Crippen LogP contribution in [0.25, 0.3) is 0 Å². The van der Waals surface area contributed by atoms with Crippen LogP contribution in [0.4, 0.5) is 5.69 Å². The Hall–Kier alpha value is -2.25. The van der Waals surface area contributed by atoms with E-state index >= 15 is 0 Å². The van der Waals surface area contributed by atoms with Gasteiger partial charge in [0.05, 0.1) is 40.0 Å². The topological polar surface area (TPSA) is 61.8 Å². The predicted octanol–water partition coefficient (Wildman–Crippen LogP) is 2.69. The van der Waals surface area contributed by atoms with Crippen molar-refractivity contribution in [1.29, 1.82) is 0 Å². The molecule has 0 amide bonds. The molecule has 0 N–H and O–H groups in total. The standard InChI is InChI=1S/C23H28N2O5/c1-26-6-5-12-10-25-15-9-23-18(25)7-13(12)14(15)11-30-22(23)24-20-16(27-2)8-17(28-3)21(29-4)19(20)23/h5,8,13-15,18H,6-7,9-11H2,1-4H3/b12-5+/t13-,14-,15-,18-,23-/m0/s1. The molecule has 5 bridgehead atoms. The van der Waals surface area contributed by atoms with E-state index in [1.165, 1.54) is 5.57 Å². The summed E-state index contributed by atoms with van der Waals surface area (Å²) in [6.45, 7) is 2.39. The van der Waals surface area contributed by atoms with Crippen LogP contribution in [0.5, 0.6) is 17.2 Å². The zero-order chi connectivity index (χ0) is 20.6. The third-order valence-corrected chi connectivity index (χ3v) is 8.05. The van der Waals surface area contributed by atoms with Crippen LogP contribution in [-0.4, -0.2) is 71.1 Å². The molecule has 7 nitrogen and oxygen atoms in total. The molecule has 1 unspecified atom stereocenters. The molecule has 6 aliphatic rings. The molecule has 0 aliphatic carbocycles. The van der Waals surface area contributed by atoms with Crippen molar-refractivity contribution in [3.63, 3.8) is 0 Å². The Labute approximate surface area is 176 Å². The van der Waals surface area contributed by atoms with E-state index in [9.17, 15) is 0 Å². The average molecular weight is 412 g/mol. The van der Waals surface area contributed by atoms with Gasteiger partial charge in [-0.3, -0.25) is 4.90 Å². The fourth-order valence-electron chi connectivity index (χ4n) is 6.91. The largest absolute Gasteiger partial charge is 0.494 e. The number of fused-ring (bicyclic) bond motifs is 2. The molecule has 0 aromatic heterocycles. The highest BCUT2D eigenvalue weighted by atomic mass is 16.5. The zero-order valence-corrected chi connectivity index (χ0v) is 17.9. The van der Waals surface area contributed by atoms with Crippen molar-refractivity contribution in [2.24, 2.45) is 16.8 Å². The summed E-state index contributed by atoms with van der Waals surface area (Å²) < 4.78 is 29.1. The van der Waals surface area contributed by atoms with Crippen LogP contribution in [0.1, 0.15) is 18.4 Å². The summed E-state index contributed by atoms with van der Waals surface area (Å²) in [5.74, 6) is 4.03. The number of hydrogen-bond donors (Lipinski definition) is 0. The molecule has 1 aromatic rings. The Kier molecular flexibility index (Phi) is 3.93. The smallest absolute Gasteiger partial charge is 0.201 e. The van der Waals surface area contributed by atoms with E-state index in [1.54, 1.807) is 28.4 Å². The highest BCUT2D eigenvalue weighted by Gasteiger charge is 2.70. The Morgan fingerprint density at radius 2 is 2.03 bits per heavy atom. The van der Waals surface area contributed by atoms with Gasteiger partial charge in [-0.05, 0) is 18.8 Å². The number of ether oxygens (including phenoxy) is 5. The number of rotatable bonds is 5. The van der Waals surface area contributed by atoms with Crippen molar-refractivity contribution in [2.45, 2.75) is 30.3 Å². The number of hydrogen-bond acceptors (Lipinski definition) is 7. The van der Waals surface area contributed by atoms with Crippen molar-refractivity contribution < 1.29 is 23.7 Å². The lowest BCUT2D eigenvalue weighted by atomic mass is 9.68. The molecule has 0 radical (unpaired) electrons. The minimum atomic E-state index is -0.302. The first kappa shape index (κ1) is 18.5. The molecule has 6 heterocycles. The van der Waals surface area contributed by atoms with Gasteiger partial charge < -0.3 is 23.7 Å². The van der Waals surface area contributed by atoms with Gasteiger partial charge in [-0.2, -0.15) is 0 Å². The van der Waals surface area contributed by atoms with Crippen LogP contribution < -0.4 is 14.2 Å². The zero-order valence-electron chi connectivity index (χ0n) is 17.9. The molecule has 5 fully saturated rings. The molecular weight excluding hydrogens is 384 g/mol. The lowest BCUT2D eigenvalue weighted by Gasteiger charge is -2.54. The third kappa shape index (κ3) is 2.05. The van der Waals surface area contributed by atoms with E-state index in [4.69, 9.17) is 28.7 Å². The van der Waals surface area contributed by atoms with E-state index < -0.39 is 0 Å². The van der Waals surface area contributed by atoms with Crippen LogP contribution in [0.15, 0.2) is 22.7 Å². The number of aliphatic imine (C=N–C) groups is 1. The summed E-state index contributed by atoms with van der Waals surface area (Å²) >= 11 is 0. The highest BCUT2D eigenvalue weighted by Crippen LogP contribution is 2.66. The van der Waals surface area contributed by atoms with Gasteiger partial charge >= 0.3 is 0 Å².